The number of halogens is 1. The first-order valence-corrected chi connectivity index (χ1v) is 7.36. The largest absolute Gasteiger partial charge is 0.383 e. The van der Waals surface area contributed by atoms with Crippen LogP contribution in [-0.2, 0) is 4.74 Å². The summed E-state index contributed by atoms with van der Waals surface area (Å²) in [5.74, 6) is 0.329. The maximum atomic E-state index is 13.6. The lowest BCUT2D eigenvalue weighted by Gasteiger charge is -2.37. The highest BCUT2D eigenvalue weighted by atomic mass is 19.1. The maximum Gasteiger partial charge on any atom is 0.126 e. The zero-order chi connectivity index (χ0) is 14.4. The van der Waals surface area contributed by atoms with Crippen LogP contribution in [0.15, 0.2) is 24.3 Å². The Morgan fingerprint density at radius 2 is 2.05 bits per heavy atom. The number of nitrogens with one attached hydrogen (secondary N) is 1. The number of methoxy groups -OCH3 is 1. The molecule has 0 heterocycles. The van der Waals surface area contributed by atoms with Crippen molar-refractivity contribution in [2.24, 2.45) is 0 Å². The first-order chi connectivity index (χ1) is 9.70. The third kappa shape index (κ3) is 4.27. The van der Waals surface area contributed by atoms with Crippen LogP contribution in [0.1, 0.15) is 24.3 Å². The zero-order valence-electron chi connectivity index (χ0n) is 12.4. The minimum absolute atomic E-state index is 0.0600. The first-order valence-electron chi connectivity index (χ1n) is 7.36. The van der Waals surface area contributed by atoms with Crippen molar-refractivity contribution in [3.63, 3.8) is 0 Å². The molecular formula is C16H25FN2O. The molecule has 1 N–H and O–H groups in total. The number of nitrogens with zero attached hydrogens (tertiary/aromatic N) is 1. The highest BCUT2D eigenvalue weighted by Gasteiger charge is 2.31. The lowest BCUT2D eigenvalue weighted by atomic mass is 9.75. The summed E-state index contributed by atoms with van der Waals surface area (Å²) < 4.78 is 18.7. The SMILES string of the molecule is COCCN(C)CCNC1CC(c2ccccc2F)C1. The number of benzene rings is 1. The van der Waals surface area contributed by atoms with Gasteiger partial charge in [0.05, 0.1) is 6.61 Å². The molecule has 0 aliphatic heterocycles. The van der Waals surface area contributed by atoms with Gasteiger partial charge in [-0.15, -0.1) is 0 Å². The van der Waals surface area contributed by atoms with Crippen molar-refractivity contribution < 1.29 is 9.13 Å². The number of hydrogen-bond donors (Lipinski definition) is 1. The van der Waals surface area contributed by atoms with Crippen LogP contribution in [-0.4, -0.2) is 51.3 Å². The average Bonchev–Trinajstić information content (AvgIpc) is 2.40. The van der Waals surface area contributed by atoms with E-state index in [0.717, 1.165) is 44.6 Å². The van der Waals surface area contributed by atoms with Gasteiger partial charge < -0.3 is 15.0 Å². The fourth-order valence-corrected chi connectivity index (χ4v) is 2.66. The smallest absolute Gasteiger partial charge is 0.126 e. The van der Waals surface area contributed by atoms with E-state index in [-0.39, 0.29) is 5.82 Å². The molecule has 20 heavy (non-hydrogen) atoms. The normalized spacial score (nSPS) is 22.0. The Bertz CT molecular complexity index is 407. The quantitative estimate of drug-likeness (QED) is 0.790. The zero-order valence-corrected chi connectivity index (χ0v) is 12.4. The molecule has 0 aromatic heterocycles. The lowest BCUT2D eigenvalue weighted by molar-refractivity contribution is 0.159. The summed E-state index contributed by atoms with van der Waals surface area (Å²) in [5.41, 5.74) is 0.878. The minimum Gasteiger partial charge on any atom is -0.383 e. The van der Waals surface area contributed by atoms with Gasteiger partial charge in [0, 0.05) is 32.8 Å². The first kappa shape index (κ1) is 15.4. The fourth-order valence-electron chi connectivity index (χ4n) is 2.66. The van der Waals surface area contributed by atoms with E-state index in [2.05, 4.69) is 17.3 Å². The van der Waals surface area contributed by atoms with Crippen molar-refractivity contribution in [2.45, 2.75) is 24.8 Å². The van der Waals surface area contributed by atoms with Gasteiger partial charge in [-0.05, 0) is 37.4 Å². The molecule has 1 aromatic carbocycles. The predicted molar refractivity (Wildman–Crippen MR) is 79.5 cm³/mol. The van der Waals surface area contributed by atoms with E-state index >= 15 is 0 Å². The molecule has 0 bridgehead atoms. The topological polar surface area (TPSA) is 24.5 Å². The van der Waals surface area contributed by atoms with Gasteiger partial charge in [-0.2, -0.15) is 0 Å². The summed E-state index contributed by atoms with van der Waals surface area (Å²) in [6.45, 7) is 3.73. The third-order valence-electron chi connectivity index (χ3n) is 4.09. The van der Waals surface area contributed by atoms with Gasteiger partial charge in [-0.25, -0.2) is 4.39 Å². The van der Waals surface area contributed by atoms with Crippen LogP contribution in [0.2, 0.25) is 0 Å². The second kappa shape index (κ2) is 7.72. The second-order valence-electron chi connectivity index (χ2n) is 5.64. The molecule has 112 valence electrons. The van der Waals surface area contributed by atoms with Gasteiger partial charge in [-0.1, -0.05) is 18.2 Å². The molecule has 2 rings (SSSR count). The number of hydrogen-bond acceptors (Lipinski definition) is 3. The molecule has 4 heteroatoms. The summed E-state index contributed by atoms with van der Waals surface area (Å²) in [7, 11) is 3.83. The van der Waals surface area contributed by atoms with E-state index in [1.54, 1.807) is 19.2 Å². The van der Waals surface area contributed by atoms with Crippen LogP contribution in [0.25, 0.3) is 0 Å². The molecular weight excluding hydrogens is 255 g/mol. The minimum atomic E-state index is -0.0600. The Labute approximate surface area is 121 Å². The van der Waals surface area contributed by atoms with Crippen LogP contribution >= 0.6 is 0 Å². The van der Waals surface area contributed by atoms with Crippen molar-refractivity contribution in [1.29, 1.82) is 0 Å². The van der Waals surface area contributed by atoms with Crippen molar-refractivity contribution in [3.05, 3.63) is 35.6 Å². The Morgan fingerprint density at radius 3 is 2.75 bits per heavy atom. The summed E-state index contributed by atoms with van der Waals surface area (Å²) in [4.78, 5) is 2.25. The Balaban J connectivity index is 1.61. The molecule has 3 nitrogen and oxygen atoms in total. The predicted octanol–water partition coefficient (Wildman–Crippen LogP) is 2.24. The summed E-state index contributed by atoms with van der Waals surface area (Å²) >= 11 is 0. The molecule has 1 aliphatic carbocycles. The molecule has 0 saturated heterocycles. The van der Waals surface area contributed by atoms with Crippen LogP contribution in [0.4, 0.5) is 4.39 Å². The summed E-state index contributed by atoms with van der Waals surface area (Å²) in [6, 6.07) is 7.68. The Hall–Kier alpha value is -0.970. The van der Waals surface area contributed by atoms with Crippen LogP contribution in [0.5, 0.6) is 0 Å². The van der Waals surface area contributed by atoms with E-state index < -0.39 is 0 Å². The van der Waals surface area contributed by atoms with Gasteiger partial charge in [0.15, 0.2) is 0 Å². The van der Waals surface area contributed by atoms with E-state index in [1.807, 2.05) is 12.1 Å². The third-order valence-corrected chi connectivity index (χ3v) is 4.09. The second-order valence-corrected chi connectivity index (χ2v) is 5.64. The molecule has 1 saturated carbocycles. The van der Waals surface area contributed by atoms with E-state index in [1.165, 1.54) is 0 Å². The maximum absolute atomic E-state index is 13.6. The number of likely N-dealkylation sites (N-methyl/N-ethyl adjacent to an activating group) is 1. The summed E-state index contributed by atoms with van der Waals surface area (Å²) in [6.07, 6.45) is 2.09. The Morgan fingerprint density at radius 1 is 1.30 bits per heavy atom. The molecule has 1 fully saturated rings. The molecule has 0 amide bonds. The monoisotopic (exact) mass is 280 g/mol. The fraction of sp³-hybridized carbons (Fsp3) is 0.625. The standard InChI is InChI=1S/C16H25FN2O/c1-19(9-10-20-2)8-7-18-14-11-13(12-14)15-5-3-4-6-16(15)17/h3-6,13-14,18H,7-12H2,1-2H3. The van der Waals surface area contributed by atoms with Crippen molar-refractivity contribution in [3.8, 4) is 0 Å². The summed E-state index contributed by atoms with van der Waals surface area (Å²) in [5, 5.41) is 3.54. The lowest BCUT2D eigenvalue weighted by Crippen LogP contribution is -2.43. The molecule has 1 aromatic rings. The van der Waals surface area contributed by atoms with E-state index in [4.69, 9.17) is 4.74 Å². The molecule has 0 spiro atoms. The molecule has 0 unspecified atom stereocenters. The molecule has 0 atom stereocenters. The van der Waals surface area contributed by atoms with Gasteiger partial charge in [-0.3, -0.25) is 0 Å². The highest BCUT2D eigenvalue weighted by Crippen LogP contribution is 2.37. The number of rotatable bonds is 8. The van der Waals surface area contributed by atoms with Gasteiger partial charge in [0.1, 0.15) is 5.82 Å². The van der Waals surface area contributed by atoms with E-state index in [9.17, 15) is 4.39 Å². The van der Waals surface area contributed by atoms with Crippen LogP contribution < -0.4 is 5.32 Å². The van der Waals surface area contributed by atoms with Crippen molar-refractivity contribution in [2.75, 3.05) is 40.4 Å². The van der Waals surface area contributed by atoms with Crippen molar-refractivity contribution in [1.82, 2.24) is 10.2 Å². The number of ether oxygens (including phenoxy) is 1. The van der Waals surface area contributed by atoms with Crippen LogP contribution in [0, 0.1) is 5.82 Å². The van der Waals surface area contributed by atoms with Gasteiger partial charge in [0.2, 0.25) is 0 Å². The highest BCUT2D eigenvalue weighted by molar-refractivity contribution is 5.24. The van der Waals surface area contributed by atoms with Crippen molar-refractivity contribution >= 4 is 0 Å². The van der Waals surface area contributed by atoms with E-state index in [0.29, 0.717) is 12.0 Å². The van der Waals surface area contributed by atoms with Crippen LogP contribution in [0.3, 0.4) is 0 Å². The van der Waals surface area contributed by atoms with Gasteiger partial charge >= 0.3 is 0 Å². The Kier molecular flexibility index (Phi) is 5.95. The molecule has 1 aliphatic rings. The average molecular weight is 280 g/mol. The molecule has 0 radical (unpaired) electrons. The van der Waals surface area contributed by atoms with Gasteiger partial charge in [0.25, 0.3) is 0 Å².